The van der Waals surface area contributed by atoms with Crippen LogP contribution in [0, 0.1) is 0 Å². The fourth-order valence-electron chi connectivity index (χ4n) is 0. The maximum atomic E-state index is 9.10. The van der Waals surface area contributed by atoms with Crippen molar-refractivity contribution < 1.29 is 39.0 Å². The van der Waals surface area contributed by atoms with Gasteiger partial charge < -0.3 is 55.6 Å². The second-order valence-electron chi connectivity index (χ2n) is 1.12. The molecule has 0 atom stereocenters. The summed E-state index contributed by atoms with van der Waals surface area (Å²) < 4.78 is 8.88. The van der Waals surface area contributed by atoms with E-state index in [-0.39, 0.29) is 30.8 Å². The minimum absolute atomic E-state index is 0. The topological polar surface area (TPSA) is 327 Å². The van der Waals surface area contributed by atoms with Crippen molar-refractivity contribution in [1.82, 2.24) is 30.8 Å². The van der Waals surface area contributed by atoms with Crippen molar-refractivity contribution in [2.24, 2.45) is 0 Å². The summed E-state index contributed by atoms with van der Waals surface area (Å²) in [6.45, 7) is 0. The molecule has 0 bridgehead atoms. The zero-order valence-corrected chi connectivity index (χ0v) is 9.34. The Morgan fingerprint density at radius 2 is 0.750 bits per heavy atom. The molecule has 0 fully saturated rings. The Bertz CT molecular complexity index is 182. The van der Waals surface area contributed by atoms with Crippen LogP contribution < -0.4 is 30.8 Å². The van der Waals surface area contributed by atoms with Gasteiger partial charge in [0, 0.05) is 0 Å². The summed E-state index contributed by atoms with van der Waals surface area (Å²) in [7, 11) is -4.64. The molecule has 106 valence electrons. The largest absolute Gasteiger partial charge is 0.473 e. The zero-order valence-electron chi connectivity index (χ0n) is 8.44. The van der Waals surface area contributed by atoms with Crippen molar-refractivity contribution in [3.8, 4) is 0 Å². The Kier molecular flexibility index (Phi) is 56.1. The average Bonchev–Trinajstić information content (AvgIpc) is 1.59. The lowest BCUT2D eigenvalue weighted by atomic mass is 10.7. The lowest BCUT2D eigenvalue weighted by molar-refractivity contribution is -0.159. The minimum atomic E-state index is -4.64. The maximum Gasteiger partial charge on any atom is 0.466 e. The number of hydrogen-bond acceptors (Lipinski definition) is 8. The van der Waals surface area contributed by atoms with E-state index in [9.17, 15) is 0 Å². The van der Waals surface area contributed by atoms with Crippen LogP contribution in [0.1, 0.15) is 0 Å². The van der Waals surface area contributed by atoms with Crippen LogP contribution >= 0.6 is 7.82 Å². The first-order chi connectivity index (χ1) is 4.64. The summed E-state index contributed by atoms with van der Waals surface area (Å²) in [6.07, 6.45) is 0. The van der Waals surface area contributed by atoms with Crippen LogP contribution in [0.4, 0.5) is 0 Å². The van der Waals surface area contributed by atoms with E-state index in [2.05, 4.69) is 0 Å². The van der Waals surface area contributed by atoms with E-state index >= 15 is 0 Å². The molecule has 0 heterocycles. The standard InChI is InChI=1S/C2H2O4.5H3N.H3O4P/c3-1(4)2(5)6;;;;;;1-5(2,3)4/h(H,3,4)(H,5,6);5*1H3;(H3,1,2,3,4). The summed E-state index contributed by atoms with van der Waals surface area (Å²) in [6, 6.07) is 0. The second kappa shape index (κ2) is 19.4. The van der Waals surface area contributed by atoms with Gasteiger partial charge in [-0.3, -0.25) is 0 Å². The van der Waals surface area contributed by atoms with Crippen molar-refractivity contribution in [3.05, 3.63) is 0 Å². The van der Waals surface area contributed by atoms with Crippen LogP contribution in [-0.4, -0.2) is 36.8 Å². The smallest absolute Gasteiger partial charge is 0.466 e. The van der Waals surface area contributed by atoms with Gasteiger partial charge in [-0.1, -0.05) is 0 Å². The highest BCUT2D eigenvalue weighted by molar-refractivity contribution is 7.45. The van der Waals surface area contributed by atoms with Gasteiger partial charge in [-0.05, 0) is 0 Å². The lowest BCUT2D eigenvalue weighted by Gasteiger charge is -1.82. The highest BCUT2D eigenvalue weighted by Crippen LogP contribution is 2.25. The predicted molar refractivity (Wildman–Crippen MR) is 54.6 cm³/mol. The molecule has 0 aliphatic carbocycles. The Morgan fingerprint density at radius 1 is 0.688 bits per heavy atom. The number of phosphoric acid groups is 1. The quantitative estimate of drug-likeness (QED) is 0.187. The molecule has 0 spiro atoms. The van der Waals surface area contributed by atoms with Gasteiger partial charge in [0.05, 0.1) is 0 Å². The van der Waals surface area contributed by atoms with Crippen molar-refractivity contribution in [2.45, 2.75) is 0 Å². The summed E-state index contributed by atoms with van der Waals surface area (Å²) in [5.41, 5.74) is 0. The summed E-state index contributed by atoms with van der Waals surface area (Å²) in [5.74, 6) is -3.65. The van der Waals surface area contributed by atoms with Crippen LogP contribution in [0.15, 0.2) is 0 Å². The number of carbonyl (C=O) groups is 2. The molecule has 0 saturated carbocycles. The molecule has 13 nitrogen and oxygen atoms in total. The summed E-state index contributed by atoms with van der Waals surface area (Å²) in [5, 5.41) is 14.8. The molecule has 20 N–H and O–H groups in total. The van der Waals surface area contributed by atoms with Gasteiger partial charge in [-0.2, -0.15) is 0 Å². The van der Waals surface area contributed by atoms with Gasteiger partial charge in [0.1, 0.15) is 0 Å². The third-order valence-corrected chi connectivity index (χ3v) is 0.183. The van der Waals surface area contributed by atoms with Crippen molar-refractivity contribution in [2.75, 3.05) is 0 Å². The molecule has 0 saturated heterocycles. The normalized spacial score (nSPS) is 6.44. The Hall–Kier alpha value is -1.15. The van der Waals surface area contributed by atoms with Gasteiger partial charge in [0.2, 0.25) is 0 Å². The number of hydrogen-bond donors (Lipinski definition) is 10. The van der Waals surface area contributed by atoms with E-state index in [1.165, 1.54) is 0 Å². The number of rotatable bonds is 0. The van der Waals surface area contributed by atoms with E-state index in [0.717, 1.165) is 0 Å². The minimum Gasteiger partial charge on any atom is -0.473 e. The molecule has 0 aliphatic rings. The van der Waals surface area contributed by atoms with Crippen LogP contribution in [-0.2, 0) is 14.2 Å². The van der Waals surface area contributed by atoms with Gasteiger partial charge in [0.15, 0.2) is 0 Å². The molecule has 0 aromatic rings. The SMILES string of the molecule is N.N.N.N.N.O=C(O)C(=O)O.O=P(O)(O)O. The Balaban J connectivity index is -0.0000000155. The molecular formula is C2H20N5O8P. The number of carboxylic acids is 2. The maximum absolute atomic E-state index is 9.10. The zero-order chi connectivity index (χ0) is 9.65. The molecular weight excluding hydrogens is 253 g/mol. The molecule has 0 aromatic carbocycles. The molecule has 0 aliphatic heterocycles. The highest BCUT2D eigenvalue weighted by Gasteiger charge is 2.04. The van der Waals surface area contributed by atoms with Crippen LogP contribution in [0.25, 0.3) is 0 Å². The molecule has 0 aromatic heterocycles. The molecule has 0 rings (SSSR count). The fourth-order valence-corrected chi connectivity index (χ4v) is 0. The first-order valence-corrected chi connectivity index (χ1v) is 3.45. The van der Waals surface area contributed by atoms with Crippen LogP contribution in [0.5, 0.6) is 0 Å². The number of carboxylic acid groups (broad SMARTS) is 2. The van der Waals surface area contributed by atoms with Crippen LogP contribution in [0.2, 0.25) is 0 Å². The van der Waals surface area contributed by atoms with Crippen molar-refractivity contribution >= 4 is 19.8 Å². The molecule has 0 unspecified atom stereocenters. The monoisotopic (exact) mass is 273 g/mol. The van der Waals surface area contributed by atoms with Gasteiger partial charge in [-0.15, -0.1) is 0 Å². The third-order valence-electron chi connectivity index (χ3n) is 0.183. The third kappa shape index (κ3) is 222. The molecule has 16 heavy (non-hydrogen) atoms. The van der Waals surface area contributed by atoms with Gasteiger partial charge >= 0.3 is 19.8 Å². The van der Waals surface area contributed by atoms with Gasteiger partial charge in [-0.25, -0.2) is 14.2 Å². The van der Waals surface area contributed by atoms with Crippen molar-refractivity contribution in [1.29, 1.82) is 0 Å². The molecule has 0 amide bonds. The van der Waals surface area contributed by atoms with Gasteiger partial charge in [0.25, 0.3) is 0 Å². The first kappa shape index (κ1) is 46.2. The fraction of sp³-hybridized carbons (Fsp3) is 0. The van der Waals surface area contributed by atoms with E-state index in [1.54, 1.807) is 0 Å². The summed E-state index contributed by atoms with van der Waals surface area (Å²) >= 11 is 0. The lowest BCUT2D eigenvalue weighted by Crippen LogP contribution is -2.09. The first-order valence-electron chi connectivity index (χ1n) is 1.89. The van der Waals surface area contributed by atoms with E-state index in [0.29, 0.717) is 0 Å². The summed E-state index contributed by atoms with van der Waals surface area (Å²) in [4.78, 5) is 39.8. The van der Waals surface area contributed by atoms with E-state index < -0.39 is 19.8 Å². The highest BCUT2D eigenvalue weighted by atomic mass is 31.2. The van der Waals surface area contributed by atoms with E-state index in [4.69, 9.17) is 39.0 Å². The van der Waals surface area contributed by atoms with Crippen LogP contribution in [0.3, 0.4) is 0 Å². The predicted octanol–water partition coefficient (Wildman–Crippen LogP) is -0.963. The Labute approximate surface area is 90.6 Å². The number of aliphatic carboxylic acids is 2. The Morgan fingerprint density at radius 3 is 0.750 bits per heavy atom. The molecule has 0 radical (unpaired) electrons. The molecule has 14 heteroatoms. The average molecular weight is 273 g/mol. The van der Waals surface area contributed by atoms with E-state index in [1.807, 2.05) is 0 Å². The second-order valence-corrected chi connectivity index (χ2v) is 2.15. The van der Waals surface area contributed by atoms with Crippen molar-refractivity contribution in [3.63, 3.8) is 0 Å².